The Balaban J connectivity index is 2.93. The van der Waals surface area contributed by atoms with E-state index in [1.165, 1.54) is 32.1 Å². The fourth-order valence-electron chi connectivity index (χ4n) is 1.67. The number of allylic oxidation sites excluding steroid dienone is 1. The molecule has 0 aliphatic rings. The minimum atomic E-state index is -1.21. The van der Waals surface area contributed by atoms with E-state index in [0.29, 0.717) is 11.1 Å². The van der Waals surface area contributed by atoms with Crippen molar-refractivity contribution in [2.45, 2.75) is 45.3 Å². The fraction of sp³-hybridized carbons (Fsp3) is 0.467. The molecule has 0 amide bonds. The van der Waals surface area contributed by atoms with E-state index in [1.807, 2.05) is 6.92 Å². The maximum atomic E-state index is 9.85. The molecule has 0 saturated carbocycles. The second kappa shape index (κ2) is 5.63. The Labute approximate surface area is 113 Å². The maximum Gasteiger partial charge on any atom is 0.119 e. The largest absolute Gasteiger partial charge is 0.508 e. The van der Waals surface area contributed by atoms with Gasteiger partial charge in [-0.2, -0.15) is 0 Å². The van der Waals surface area contributed by atoms with Crippen LogP contribution < -0.4 is 0 Å². The van der Waals surface area contributed by atoms with Crippen LogP contribution in [0, 0.1) is 6.92 Å². The number of aryl methyl sites for hydroxylation is 1. The monoisotopic (exact) mass is 266 g/mol. The maximum absolute atomic E-state index is 9.85. The Bertz CT molecular complexity index is 472. The molecular weight excluding hydrogens is 244 g/mol. The molecule has 4 nitrogen and oxygen atoms in total. The van der Waals surface area contributed by atoms with Crippen LogP contribution in [0.4, 0.5) is 0 Å². The molecule has 4 N–H and O–H groups in total. The van der Waals surface area contributed by atoms with Crippen molar-refractivity contribution in [3.05, 3.63) is 35.4 Å². The Morgan fingerprint density at radius 3 is 2.21 bits per heavy atom. The third kappa shape index (κ3) is 3.98. The molecule has 2 atom stereocenters. The number of rotatable bonds is 4. The summed E-state index contributed by atoms with van der Waals surface area (Å²) in [5.41, 5.74) is -0.0375. The predicted molar refractivity (Wildman–Crippen MR) is 74.4 cm³/mol. The lowest BCUT2D eigenvalue weighted by molar-refractivity contribution is -0.0227. The molecule has 4 heteroatoms. The zero-order chi connectivity index (χ0) is 14.8. The molecule has 1 aromatic rings. The number of hydrogen-bond acceptors (Lipinski definition) is 4. The first-order chi connectivity index (χ1) is 8.62. The Morgan fingerprint density at radius 2 is 1.68 bits per heavy atom. The van der Waals surface area contributed by atoms with Gasteiger partial charge < -0.3 is 20.4 Å². The SMILES string of the molecule is Cc1cc(O)c(C(C)C=CC(O)C(C)(C)O)cc1O. The van der Waals surface area contributed by atoms with E-state index in [-0.39, 0.29) is 17.4 Å². The topological polar surface area (TPSA) is 80.9 Å². The fourth-order valence-corrected chi connectivity index (χ4v) is 1.67. The molecule has 106 valence electrons. The van der Waals surface area contributed by atoms with Crippen molar-refractivity contribution in [3.63, 3.8) is 0 Å². The van der Waals surface area contributed by atoms with E-state index in [1.54, 1.807) is 13.0 Å². The van der Waals surface area contributed by atoms with Crippen LogP contribution in [0.2, 0.25) is 0 Å². The second-order valence-electron chi connectivity index (χ2n) is 5.47. The van der Waals surface area contributed by atoms with Gasteiger partial charge in [0.05, 0.1) is 5.60 Å². The van der Waals surface area contributed by atoms with Gasteiger partial charge in [0.2, 0.25) is 0 Å². The highest BCUT2D eigenvalue weighted by molar-refractivity contribution is 5.47. The van der Waals surface area contributed by atoms with Crippen LogP contribution in [0.5, 0.6) is 11.5 Å². The van der Waals surface area contributed by atoms with Gasteiger partial charge in [0, 0.05) is 11.5 Å². The molecule has 1 aromatic carbocycles. The number of aliphatic hydroxyl groups excluding tert-OH is 1. The van der Waals surface area contributed by atoms with Gasteiger partial charge in [-0.1, -0.05) is 19.1 Å². The molecule has 0 aromatic heterocycles. The summed E-state index contributed by atoms with van der Waals surface area (Å²) in [4.78, 5) is 0. The smallest absolute Gasteiger partial charge is 0.119 e. The molecule has 0 aliphatic heterocycles. The van der Waals surface area contributed by atoms with Crippen molar-refractivity contribution in [1.29, 1.82) is 0 Å². The first-order valence-electron chi connectivity index (χ1n) is 6.24. The summed E-state index contributed by atoms with van der Waals surface area (Å²) >= 11 is 0. The van der Waals surface area contributed by atoms with Gasteiger partial charge in [-0.3, -0.25) is 0 Å². The minimum Gasteiger partial charge on any atom is -0.508 e. The van der Waals surface area contributed by atoms with E-state index < -0.39 is 11.7 Å². The second-order valence-corrected chi connectivity index (χ2v) is 5.47. The normalized spacial score (nSPS) is 15.7. The molecule has 0 heterocycles. The van der Waals surface area contributed by atoms with E-state index in [9.17, 15) is 20.4 Å². The van der Waals surface area contributed by atoms with Crippen LogP contribution in [0.3, 0.4) is 0 Å². The van der Waals surface area contributed by atoms with Gasteiger partial charge in [0.1, 0.15) is 17.6 Å². The highest BCUT2D eigenvalue weighted by atomic mass is 16.3. The van der Waals surface area contributed by atoms with E-state index in [0.717, 1.165) is 0 Å². The van der Waals surface area contributed by atoms with E-state index in [4.69, 9.17) is 0 Å². The number of aliphatic hydroxyl groups is 2. The van der Waals surface area contributed by atoms with Crippen LogP contribution >= 0.6 is 0 Å². The van der Waals surface area contributed by atoms with Crippen molar-refractivity contribution in [2.24, 2.45) is 0 Å². The summed E-state index contributed by atoms with van der Waals surface area (Å²) in [7, 11) is 0. The Morgan fingerprint density at radius 1 is 1.11 bits per heavy atom. The molecule has 0 fully saturated rings. The van der Waals surface area contributed by atoms with Crippen molar-refractivity contribution in [2.75, 3.05) is 0 Å². The van der Waals surface area contributed by atoms with Gasteiger partial charge >= 0.3 is 0 Å². The quantitative estimate of drug-likeness (QED) is 0.497. The van der Waals surface area contributed by atoms with Crippen LogP contribution in [-0.2, 0) is 0 Å². The Kier molecular flexibility index (Phi) is 4.61. The third-order valence-corrected chi connectivity index (χ3v) is 3.14. The van der Waals surface area contributed by atoms with Crippen molar-refractivity contribution < 1.29 is 20.4 Å². The van der Waals surface area contributed by atoms with Gasteiger partial charge in [0.15, 0.2) is 0 Å². The molecule has 0 bridgehead atoms. The van der Waals surface area contributed by atoms with Gasteiger partial charge in [-0.15, -0.1) is 0 Å². The van der Waals surface area contributed by atoms with Gasteiger partial charge in [-0.25, -0.2) is 0 Å². The van der Waals surface area contributed by atoms with Gasteiger partial charge in [-0.05, 0) is 38.5 Å². The molecular formula is C15H22O4. The lowest BCUT2D eigenvalue weighted by atomic mass is 9.95. The highest BCUT2D eigenvalue weighted by Gasteiger charge is 2.22. The van der Waals surface area contributed by atoms with Crippen LogP contribution in [0.15, 0.2) is 24.3 Å². The van der Waals surface area contributed by atoms with Crippen LogP contribution in [0.25, 0.3) is 0 Å². The lowest BCUT2D eigenvalue weighted by Gasteiger charge is -2.22. The summed E-state index contributed by atoms with van der Waals surface area (Å²) in [5.74, 6) is 0.0322. The number of phenolic OH excluding ortho intramolecular Hbond substituents is 2. The van der Waals surface area contributed by atoms with Crippen LogP contribution in [-0.4, -0.2) is 32.1 Å². The average Bonchev–Trinajstić information content (AvgIpc) is 2.29. The van der Waals surface area contributed by atoms with Crippen molar-refractivity contribution in [3.8, 4) is 11.5 Å². The van der Waals surface area contributed by atoms with E-state index >= 15 is 0 Å². The third-order valence-electron chi connectivity index (χ3n) is 3.14. The molecule has 0 radical (unpaired) electrons. The zero-order valence-electron chi connectivity index (χ0n) is 11.8. The van der Waals surface area contributed by atoms with Crippen LogP contribution in [0.1, 0.15) is 37.8 Å². The molecule has 0 aliphatic carbocycles. The van der Waals surface area contributed by atoms with Gasteiger partial charge in [0.25, 0.3) is 0 Å². The molecule has 19 heavy (non-hydrogen) atoms. The molecule has 0 spiro atoms. The predicted octanol–water partition coefficient (Wildman–Crippen LogP) is 2.20. The number of hydrogen-bond donors (Lipinski definition) is 4. The highest BCUT2D eigenvalue weighted by Crippen LogP contribution is 2.32. The Hall–Kier alpha value is -1.52. The summed E-state index contributed by atoms with van der Waals surface area (Å²) in [5, 5.41) is 38.8. The number of benzene rings is 1. The molecule has 2 unspecified atom stereocenters. The summed E-state index contributed by atoms with van der Waals surface area (Å²) in [6, 6.07) is 3.01. The standard InChI is InChI=1S/C15H22O4/c1-9(5-6-14(18)15(3,4)19)11-8-12(16)10(2)7-13(11)17/h5-9,14,16-19H,1-4H3. The molecule has 0 saturated heterocycles. The zero-order valence-corrected chi connectivity index (χ0v) is 11.8. The molecule has 1 rings (SSSR count). The summed E-state index contributed by atoms with van der Waals surface area (Å²) < 4.78 is 0. The first kappa shape index (κ1) is 15.5. The van der Waals surface area contributed by atoms with Crippen molar-refractivity contribution >= 4 is 0 Å². The number of aromatic hydroxyl groups is 2. The van der Waals surface area contributed by atoms with E-state index in [2.05, 4.69) is 0 Å². The van der Waals surface area contributed by atoms with Crippen molar-refractivity contribution in [1.82, 2.24) is 0 Å². The first-order valence-corrected chi connectivity index (χ1v) is 6.24. The number of phenols is 2. The summed E-state index contributed by atoms with van der Waals surface area (Å²) in [6.45, 7) is 6.57. The minimum absolute atomic E-state index is 0.102. The lowest BCUT2D eigenvalue weighted by Crippen LogP contribution is -2.34. The average molecular weight is 266 g/mol. The summed E-state index contributed by atoms with van der Waals surface area (Å²) in [6.07, 6.45) is 2.18.